The fraction of sp³-hybridized carbons (Fsp3) is 0.231. The van der Waals surface area contributed by atoms with E-state index in [1.165, 1.54) is 11.6 Å². The predicted octanol–water partition coefficient (Wildman–Crippen LogP) is 1.68. The van der Waals surface area contributed by atoms with Gasteiger partial charge in [0.15, 0.2) is 0 Å². The van der Waals surface area contributed by atoms with E-state index >= 15 is 0 Å². The molecule has 1 aliphatic heterocycles. The average Bonchev–Trinajstić information content (AvgIpc) is 2.59. The molecule has 16 heavy (non-hydrogen) atoms. The third-order valence-corrected chi connectivity index (χ3v) is 2.56. The maximum Gasteiger partial charge on any atom is 0.258 e. The molecule has 0 saturated heterocycles. The van der Waals surface area contributed by atoms with Gasteiger partial charge in [0.1, 0.15) is 0 Å². The molecule has 2 amide bonds. The molecular formula is C13H13NO2. The van der Waals surface area contributed by atoms with Crippen LogP contribution in [0.15, 0.2) is 30.3 Å². The zero-order valence-corrected chi connectivity index (χ0v) is 9.12. The predicted molar refractivity (Wildman–Crippen MR) is 61.6 cm³/mol. The maximum atomic E-state index is 11.4. The molecule has 0 fully saturated rings. The second-order valence-electron chi connectivity index (χ2n) is 3.82. The second-order valence-corrected chi connectivity index (χ2v) is 3.82. The highest BCUT2D eigenvalue weighted by Crippen LogP contribution is 2.18. The number of benzene rings is 1. The Morgan fingerprint density at radius 1 is 1.12 bits per heavy atom. The number of imide groups is 1. The molecule has 0 aliphatic carbocycles. The molecule has 3 heteroatoms. The SMILES string of the molecule is CCCc1ccc(C2=CC(=O)NC2=O)cc1. The summed E-state index contributed by atoms with van der Waals surface area (Å²) in [7, 11) is 0. The molecule has 0 unspecified atom stereocenters. The van der Waals surface area contributed by atoms with Crippen molar-refractivity contribution >= 4 is 17.4 Å². The molecule has 1 N–H and O–H groups in total. The summed E-state index contributed by atoms with van der Waals surface area (Å²) in [5, 5.41) is 2.23. The van der Waals surface area contributed by atoms with Gasteiger partial charge in [-0.1, -0.05) is 37.6 Å². The van der Waals surface area contributed by atoms with Gasteiger partial charge in [0.25, 0.3) is 11.8 Å². The summed E-state index contributed by atoms with van der Waals surface area (Å²) >= 11 is 0. The van der Waals surface area contributed by atoms with Crippen LogP contribution in [-0.2, 0) is 16.0 Å². The van der Waals surface area contributed by atoms with E-state index in [9.17, 15) is 9.59 Å². The van der Waals surface area contributed by atoms with Crippen LogP contribution in [0.1, 0.15) is 24.5 Å². The molecule has 82 valence electrons. The van der Waals surface area contributed by atoms with Gasteiger partial charge in [0, 0.05) is 6.08 Å². The van der Waals surface area contributed by atoms with Gasteiger partial charge in [0.2, 0.25) is 0 Å². The van der Waals surface area contributed by atoms with Crippen molar-refractivity contribution in [2.45, 2.75) is 19.8 Å². The molecule has 1 heterocycles. The first-order valence-corrected chi connectivity index (χ1v) is 5.37. The lowest BCUT2D eigenvalue weighted by atomic mass is 10.0. The highest BCUT2D eigenvalue weighted by molar-refractivity contribution is 6.33. The van der Waals surface area contributed by atoms with E-state index in [0.717, 1.165) is 18.4 Å². The van der Waals surface area contributed by atoms with Crippen molar-refractivity contribution in [3.05, 3.63) is 41.5 Å². The highest BCUT2D eigenvalue weighted by Gasteiger charge is 2.21. The minimum absolute atomic E-state index is 0.312. The van der Waals surface area contributed by atoms with Crippen molar-refractivity contribution in [2.75, 3.05) is 0 Å². The van der Waals surface area contributed by atoms with Crippen LogP contribution in [0, 0.1) is 0 Å². The first-order valence-electron chi connectivity index (χ1n) is 5.37. The third kappa shape index (κ3) is 2.03. The third-order valence-electron chi connectivity index (χ3n) is 2.56. The summed E-state index contributed by atoms with van der Waals surface area (Å²) < 4.78 is 0. The van der Waals surface area contributed by atoms with Crippen LogP contribution in [-0.4, -0.2) is 11.8 Å². The summed E-state index contributed by atoms with van der Waals surface area (Å²) in [5.74, 6) is -0.647. The van der Waals surface area contributed by atoms with E-state index < -0.39 is 0 Å². The summed E-state index contributed by atoms with van der Waals surface area (Å²) in [6.07, 6.45) is 3.47. The van der Waals surface area contributed by atoms with E-state index in [1.54, 1.807) is 0 Å². The Bertz CT molecular complexity index is 457. The largest absolute Gasteiger partial charge is 0.289 e. The zero-order valence-electron chi connectivity index (χ0n) is 9.12. The molecule has 3 nitrogen and oxygen atoms in total. The number of amides is 2. The number of nitrogens with one attached hydrogen (secondary N) is 1. The molecule has 1 aliphatic rings. The topological polar surface area (TPSA) is 46.2 Å². The van der Waals surface area contributed by atoms with E-state index in [4.69, 9.17) is 0 Å². The van der Waals surface area contributed by atoms with Gasteiger partial charge in [-0.15, -0.1) is 0 Å². The lowest BCUT2D eigenvalue weighted by Gasteiger charge is -2.02. The standard InChI is InChI=1S/C13H13NO2/c1-2-3-9-4-6-10(7-5-9)11-8-12(15)14-13(11)16/h4-8H,2-3H2,1H3,(H,14,15,16). The molecule has 2 rings (SSSR count). The summed E-state index contributed by atoms with van der Waals surface area (Å²) in [4.78, 5) is 22.4. The summed E-state index contributed by atoms with van der Waals surface area (Å²) in [5.41, 5.74) is 2.49. The Balaban J connectivity index is 2.25. The number of aryl methyl sites for hydroxylation is 1. The Morgan fingerprint density at radius 3 is 2.31 bits per heavy atom. The van der Waals surface area contributed by atoms with Crippen molar-refractivity contribution in [1.82, 2.24) is 5.32 Å². The van der Waals surface area contributed by atoms with E-state index in [1.807, 2.05) is 24.3 Å². The lowest BCUT2D eigenvalue weighted by molar-refractivity contribution is -0.123. The zero-order chi connectivity index (χ0) is 11.5. The smallest absolute Gasteiger partial charge is 0.258 e. The van der Waals surface area contributed by atoms with Crippen LogP contribution in [0.3, 0.4) is 0 Å². The highest BCUT2D eigenvalue weighted by atomic mass is 16.2. The van der Waals surface area contributed by atoms with E-state index in [-0.39, 0.29) is 11.8 Å². The fourth-order valence-corrected chi connectivity index (χ4v) is 1.77. The van der Waals surface area contributed by atoms with Gasteiger partial charge in [-0.2, -0.15) is 0 Å². The monoisotopic (exact) mass is 215 g/mol. The normalized spacial score (nSPS) is 14.9. The van der Waals surface area contributed by atoms with Gasteiger partial charge in [-0.3, -0.25) is 14.9 Å². The molecule has 0 bridgehead atoms. The van der Waals surface area contributed by atoms with Crippen LogP contribution < -0.4 is 5.32 Å². The van der Waals surface area contributed by atoms with E-state index in [2.05, 4.69) is 12.2 Å². The first kappa shape index (κ1) is 10.6. The Hall–Kier alpha value is -1.90. The number of carbonyl (C=O) groups is 2. The lowest BCUT2D eigenvalue weighted by Crippen LogP contribution is -2.21. The van der Waals surface area contributed by atoms with Crippen molar-refractivity contribution < 1.29 is 9.59 Å². The van der Waals surface area contributed by atoms with Crippen LogP contribution in [0.25, 0.3) is 5.57 Å². The van der Waals surface area contributed by atoms with Gasteiger partial charge in [0.05, 0.1) is 5.57 Å². The molecule has 0 radical (unpaired) electrons. The molecule has 0 aromatic heterocycles. The van der Waals surface area contributed by atoms with Crippen LogP contribution in [0.2, 0.25) is 0 Å². The van der Waals surface area contributed by atoms with Crippen molar-refractivity contribution in [2.24, 2.45) is 0 Å². The van der Waals surface area contributed by atoms with Gasteiger partial charge >= 0.3 is 0 Å². The molecule has 0 spiro atoms. The fourth-order valence-electron chi connectivity index (χ4n) is 1.77. The summed E-state index contributed by atoms with van der Waals surface area (Å²) in [6, 6.07) is 7.76. The quantitative estimate of drug-likeness (QED) is 0.780. The Kier molecular flexibility index (Phi) is 2.86. The minimum Gasteiger partial charge on any atom is -0.289 e. The van der Waals surface area contributed by atoms with Crippen LogP contribution in [0.4, 0.5) is 0 Å². The maximum absolute atomic E-state index is 11.4. The van der Waals surface area contributed by atoms with Gasteiger partial charge in [-0.05, 0) is 17.5 Å². The van der Waals surface area contributed by atoms with E-state index in [0.29, 0.717) is 5.57 Å². The average molecular weight is 215 g/mol. The first-order chi connectivity index (χ1) is 7.70. The number of hydrogen-bond donors (Lipinski definition) is 1. The molecule has 0 saturated carbocycles. The van der Waals surface area contributed by atoms with Crippen LogP contribution in [0.5, 0.6) is 0 Å². The molecular weight excluding hydrogens is 202 g/mol. The minimum atomic E-state index is -0.336. The van der Waals surface area contributed by atoms with Gasteiger partial charge in [-0.25, -0.2) is 0 Å². The number of rotatable bonds is 3. The Morgan fingerprint density at radius 2 is 1.81 bits per heavy atom. The Labute approximate surface area is 94.2 Å². The van der Waals surface area contributed by atoms with Gasteiger partial charge < -0.3 is 0 Å². The number of carbonyl (C=O) groups excluding carboxylic acids is 2. The van der Waals surface area contributed by atoms with Crippen molar-refractivity contribution in [3.8, 4) is 0 Å². The molecule has 0 atom stereocenters. The van der Waals surface area contributed by atoms with Crippen molar-refractivity contribution in [3.63, 3.8) is 0 Å². The second kappa shape index (κ2) is 4.31. The number of hydrogen-bond acceptors (Lipinski definition) is 2. The molecule has 1 aromatic rings. The summed E-state index contributed by atoms with van der Waals surface area (Å²) in [6.45, 7) is 2.12. The molecule has 1 aromatic carbocycles. The van der Waals surface area contributed by atoms with Crippen LogP contribution >= 0.6 is 0 Å². The van der Waals surface area contributed by atoms with Crippen molar-refractivity contribution in [1.29, 1.82) is 0 Å².